The van der Waals surface area contributed by atoms with Crippen molar-refractivity contribution in [1.82, 2.24) is 15.5 Å². The Kier molecular flexibility index (Phi) is 9.73. The van der Waals surface area contributed by atoms with E-state index in [1.807, 2.05) is 50.2 Å². The van der Waals surface area contributed by atoms with Crippen LogP contribution in [0.5, 0.6) is 11.5 Å². The summed E-state index contributed by atoms with van der Waals surface area (Å²) in [4.78, 5) is 27.4. The Morgan fingerprint density at radius 1 is 1.09 bits per heavy atom. The average Bonchev–Trinajstić information content (AvgIpc) is 2.86. The Bertz CT molecular complexity index is 931. The first-order chi connectivity index (χ1) is 16.5. The van der Waals surface area contributed by atoms with Crippen molar-refractivity contribution in [3.05, 3.63) is 59.7 Å². The molecule has 1 heterocycles. The molecule has 184 valence electrons. The van der Waals surface area contributed by atoms with E-state index < -0.39 is 0 Å². The zero-order valence-corrected chi connectivity index (χ0v) is 20.2. The summed E-state index contributed by atoms with van der Waals surface area (Å²) in [5, 5.41) is 5.94. The maximum atomic E-state index is 12.7. The number of methoxy groups -OCH3 is 1. The van der Waals surface area contributed by atoms with Gasteiger partial charge < -0.3 is 24.8 Å². The number of hydrogen-bond acceptors (Lipinski definition) is 6. The van der Waals surface area contributed by atoms with Crippen molar-refractivity contribution in [3.8, 4) is 11.5 Å². The number of hydrogen-bond donors (Lipinski definition) is 2. The van der Waals surface area contributed by atoms with Crippen molar-refractivity contribution < 1.29 is 23.8 Å². The monoisotopic (exact) mass is 469 g/mol. The van der Waals surface area contributed by atoms with Gasteiger partial charge in [0.25, 0.3) is 5.91 Å². The lowest BCUT2D eigenvalue weighted by molar-refractivity contribution is -0.121. The van der Waals surface area contributed by atoms with Crippen molar-refractivity contribution in [2.24, 2.45) is 0 Å². The standard InChI is InChI=1S/C26H35N3O5/c1-4-34-23-11-10-21(17-24(23)32-3)22(29-12-14-33-15-13-29)18-27-25(30)16-19(2)28-26(31)20-8-6-5-7-9-20/h5-11,17,19,22H,4,12-16,18H2,1-3H3,(H,27,30)(H,28,31). The predicted molar refractivity (Wildman–Crippen MR) is 130 cm³/mol. The lowest BCUT2D eigenvalue weighted by atomic mass is 10.0. The molecule has 0 radical (unpaired) electrons. The molecule has 1 aliphatic heterocycles. The Hall–Kier alpha value is -3.10. The van der Waals surface area contributed by atoms with E-state index in [2.05, 4.69) is 15.5 Å². The van der Waals surface area contributed by atoms with Gasteiger partial charge in [-0.3, -0.25) is 14.5 Å². The molecule has 3 rings (SSSR count). The first kappa shape index (κ1) is 25.5. The van der Waals surface area contributed by atoms with Crippen molar-refractivity contribution in [3.63, 3.8) is 0 Å². The van der Waals surface area contributed by atoms with Gasteiger partial charge in [0, 0.05) is 37.7 Å². The summed E-state index contributed by atoms with van der Waals surface area (Å²) in [6.45, 7) is 7.62. The molecule has 1 fully saturated rings. The van der Waals surface area contributed by atoms with Crippen LogP contribution in [0.2, 0.25) is 0 Å². The fourth-order valence-electron chi connectivity index (χ4n) is 4.02. The van der Waals surface area contributed by atoms with Crippen LogP contribution in [0.4, 0.5) is 0 Å². The summed E-state index contributed by atoms with van der Waals surface area (Å²) in [6.07, 6.45) is 0.195. The minimum atomic E-state index is -0.292. The number of nitrogens with one attached hydrogen (secondary N) is 2. The van der Waals surface area contributed by atoms with Crippen LogP contribution < -0.4 is 20.1 Å². The molecule has 0 aromatic heterocycles. The Balaban J connectivity index is 1.62. The second-order valence-electron chi connectivity index (χ2n) is 8.26. The van der Waals surface area contributed by atoms with E-state index in [-0.39, 0.29) is 30.3 Å². The van der Waals surface area contributed by atoms with Gasteiger partial charge >= 0.3 is 0 Å². The molecule has 0 spiro atoms. The first-order valence-corrected chi connectivity index (χ1v) is 11.8. The van der Waals surface area contributed by atoms with Crippen molar-refractivity contribution >= 4 is 11.8 Å². The number of amides is 2. The maximum absolute atomic E-state index is 12.7. The van der Waals surface area contributed by atoms with Crippen LogP contribution >= 0.6 is 0 Å². The molecule has 2 aromatic rings. The van der Waals surface area contributed by atoms with Gasteiger partial charge in [-0.05, 0) is 43.7 Å². The highest BCUT2D eigenvalue weighted by molar-refractivity contribution is 5.94. The second kappa shape index (κ2) is 13.0. The number of morpholine rings is 1. The van der Waals surface area contributed by atoms with Crippen LogP contribution in [0.1, 0.15) is 42.2 Å². The number of carbonyl (C=O) groups is 2. The van der Waals surface area contributed by atoms with E-state index in [4.69, 9.17) is 14.2 Å². The summed E-state index contributed by atoms with van der Waals surface area (Å²) in [6, 6.07) is 14.6. The fourth-order valence-corrected chi connectivity index (χ4v) is 4.02. The molecule has 0 saturated carbocycles. The second-order valence-corrected chi connectivity index (χ2v) is 8.26. The van der Waals surface area contributed by atoms with E-state index >= 15 is 0 Å². The number of benzene rings is 2. The summed E-state index contributed by atoms with van der Waals surface area (Å²) in [7, 11) is 1.62. The molecule has 34 heavy (non-hydrogen) atoms. The lowest BCUT2D eigenvalue weighted by Crippen LogP contribution is -2.44. The third kappa shape index (κ3) is 7.20. The predicted octanol–water partition coefficient (Wildman–Crippen LogP) is 2.79. The zero-order valence-electron chi connectivity index (χ0n) is 20.2. The summed E-state index contributed by atoms with van der Waals surface area (Å²) in [5.41, 5.74) is 1.61. The van der Waals surface area contributed by atoms with Crippen LogP contribution in [0, 0.1) is 0 Å². The Morgan fingerprint density at radius 2 is 1.82 bits per heavy atom. The third-order valence-corrected chi connectivity index (χ3v) is 5.76. The minimum Gasteiger partial charge on any atom is -0.493 e. The third-order valence-electron chi connectivity index (χ3n) is 5.76. The fraction of sp³-hybridized carbons (Fsp3) is 0.462. The maximum Gasteiger partial charge on any atom is 0.251 e. The molecule has 2 amide bonds. The van der Waals surface area contributed by atoms with Gasteiger partial charge in [-0.1, -0.05) is 24.3 Å². The molecule has 8 nitrogen and oxygen atoms in total. The largest absolute Gasteiger partial charge is 0.493 e. The normalized spacial score (nSPS) is 15.7. The van der Waals surface area contributed by atoms with Crippen LogP contribution in [-0.4, -0.2) is 69.3 Å². The van der Waals surface area contributed by atoms with Crippen molar-refractivity contribution in [2.75, 3.05) is 46.6 Å². The molecular formula is C26H35N3O5. The number of nitrogens with zero attached hydrogens (tertiary/aromatic N) is 1. The molecule has 2 atom stereocenters. The molecule has 0 bridgehead atoms. The van der Waals surface area contributed by atoms with Gasteiger partial charge in [0.15, 0.2) is 11.5 Å². The highest BCUT2D eigenvalue weighted by atomic mass is 16.5. The van der Waals surface area contributed by atoms with Gasteiger partial charge in [0.05, 0.1) is 33.0 Å². The van der Waals surface area contributed by atoms with Crippen LogP contribution in [0.3, 0.4) is 0 Å². The molecule has 2 unspecified atom stereocenters. The zero-order chi connectivity index (χ0) is 24.3. The minimum absolute atomic E-state index is 0.0355. The summed E-state index contributed by atoms with van der Waals surface area (Å²) < 4.78 is 16.7. The van der Waals surface area contributed by atoms with Crippen molar-refractivity contribution in [2.45, 2.75) is 32.4 Å². The summed E-state index contributed by atoms with van der Waals surface area (Å²) >= 11 is 0. The molecular weight excluding hydrogens is 434 g/mol. The molecule has 1 aliphatic rings. The molecule has 0 aliphatic carbocycles. The van der Waals surface area contributed by atoms with Crippen LogP contribution in [0.15, 0.2) is 48.5 Å². The van der Waals surface area contributed by atoms with Gasteiger partial charge in [-0.2, -0.15) is 0 Å². The number of ether oxygens (including phenoxy) is 3. The average molecular weight is 470 g/mol. The van der Waals surface area contributed by atoms with E-state index in [0.29, 0.717) is 43.4 Å². The van der Waals surface area contributed by atoms with Gasteiger partial charge in [0.1, 0.15) is 0 Å². The van der Waals surface area contributed by atoms with E-state index in [1.54, 1.807) is 19.2 Å². The lowest BCUT2D eigenvalue weighted by Gasteiger charge is -2.35. The Labute approximate surface area is 201 Å². The molecule has 2 aromatic carbocycles. The first-order valence-electron chi connectivity index (χ1n) is 11.8. The number of carbonyl (C=O) groups excluding carboxylic acids is 2. The Morgan fingerprint density at radius 3 is 2.50 bits per heavy atom. The van der Waals surface area contributed by atoms with E-state index in [1.165, 1.54) is 0 Å². The van der Waals surface area contributed by atoms with Crippen LogP contribution in [0.25, 0.3) is 0 Å². The highest BCUT2D eigenvalue weighted by Crippen LogP contribution is 2.32. The molecule has 2 N–H and O–H groups in total. The van der Waals surface area contributed by atoms with Crippen molar-refractivity contribution in [1.29, 1.82) is 0 Å². The molecule has 1 saturated heterocycles. The topological polar surface area (TPSA) is 89.1 Å². The smallest absolute Gasteiger partial charge is 0.251 e. The SMILES string of the molecule is CCOc1ccc(C(CNC(=O)CC(C)NC(=O)c2ccccc2)N2CCOCC2)cc1OC. The van der Waals surface area contributed by atoms with E-state index in [9.17, 15) is 9.59 Å². The molecule has 8 heteroatoms. The quantitative estimate of drug-likeness (QED) is 0.526. The van der Waals surface area contributed by atoms with Gasteiger partial charge in [0.2, 0.25) is 5.91 Å². The van der Waals surface area contributed by atoms with Gasteiger partial charge in [-0.15, -0.1) is 0 Å². The highest BCUT2D eigenvalue weighted by Gasteiger charge is 2.25. The van der Waals surface area contributed by atoms with E-state index in [0.717, 1.165) is 18.7 Å². The van der Waals surface area contributed by atoms with Gasteiger partial charge in [-0.25, -0.2) is 0 Å². The number of rotatable bonds is 11. The van der Waals surface area contributed by atoms with Crippen LogP contribution in [-0.2, 0) is 9.53 Å². The summed E-state index contributed by atoms with van der Waals surface area (Å²) in [5.74, 6) is 1.06.